The van der Waals surface area contributed by atoms with E-state index in [1.54, 1.807) is 0 Å². The lowest BCUT2D eigenvalue weighted by molar-refractivity contribution is -0.124. The van der Waals surface area contributed by atoms with Gasteiger partial charge in [0.15, 0.2) is 0 Å². The average Bonchev–Trinajstić information content (AvgIpc) is 2.85. The minimum absolute atomic E-state index is 0.0613. The smallest absolute Gasteiger partial charge is 0.237 e. The van der Waals surface area contributed by atoms with Gasteiger partial charge in [0.25, 0.3) is 0 Å². The van der Waals surface area contributed by atoms with Crippen molar-refractivity contribution in [1.82, 2.24) is 10.6 Å². The monoisotopic (exact) mass is 266 g/mol. The number of rotatable bonds is 5. The highest BCUT2D eigenvalue weighted by atomic mass is 16.2. The van der Waals surface area contributed by atoms with Crippen LogP contribution in [0.5, 0.6) is 0 Å². The third-order valence-electron chi connectivity index (χ3n) is 4.77. The first kappa shape index (κ1) is 14.8. The molecule has 1 unspecified atom stereocenters. The number of hydrogen-bond donors (Lipinski definition) is 2. The van der Waals surface area contributed by atoms with Gasteiger partial charge in [-0.1, -0.05) is 33.1 Å². The fourth-order valence-electron chi connectivity index (χ4n) is 3.92. The van der Waals surface area contributed by atoms with E-state index in [0.717, 1.165) is 25.4 Å². The van der Waals surface area contributed by atoms with Crippen molar-refractivity contribution in [3.05, 3.63) is 0 Å². The Morgan fingerprint density at radius 1 is 1.26 bits per heavy atom. The maximum absolute atomic E-state index is 12.2. The average molecular weight is 266 g/mol. The van der Waals surface area contributed by atoms with Crippen LogP contribution in [0.15, 0.2) is 0 Å². The zero-order chi connectivity index (χ0) is 13.7. The fraction of sp³-hybridized carbons (Fsp3) is 0.938. The molecule has 1 saturated carbocycles. The Morgan fingerprint density at radius 3 is 2.58 bits per heavy atom. The molecule has 1 saturated heterocycles. The molecular formula is C16H30N2O. The molecule has 3 heteroatoms. The third kappa shape index (κ3) is 4.20. The lowest BCUT2D eigenvalue weighted by Gasteiger charge is -2.32. The molecule has 0 bridgehead atoms. The Bertz CT molecular complexity index is 289. The lowest BCUT2D eigenvalue weighted by Crippen LogP contribution is -2.49. The van der Waals surface area contributed by atoms with E-state index in [2.05, 4.69) is 24.5 Å². The lowest BCUT2D eigenvalue weighted by atomic mass is 9.78. The van der Waals surface area contributed by atoms with Crippen LogP contribution < -0.4 is 10.6 Å². The second-order valence-electron chi connectivity index (χ2n) is 7.03. The van der Waals surface area contributed by atoms with Crippen molar-refractivity contribution in [1.29, 1.82) is 0 Å². The van der Waals surface area contributed by atoms with Crippen LogP contribution >= 0.6 is 0 Å². The highest BCUT2D eigenvalue weighted by Crippen LogP contribution is 2.42. The summed E-state index contributed by atoms with van der Waals surface area (Å²) >= 11 is 0. The van der Waals surface area contributed by atoms with E-state index in [1.165, 1.54) is 44.9 Å². The maximum Gasteiger partial charge on any atom is 0.237 e. The minimum Gasteiger partial charge on any atom is -0.354 e. The van der Waals surface area contributed by atoms with Gasteiger partial charge in [-0.25, -0.2) is 0 Å². The zero-order valence-electron chi connectivity index (χ0n) is 12.6. The SMILES string of the molecule is CC(C)CC1(CNC(=O)C2CCCCN2)CCCC1. The predicted molar refractivity (Wildman–Crippen MR) is 79.0 cm³/mol. The van der Waals surface area contributed by atoms with E-state index in [1.807, 2.05) is 0 Å². The van der Waals surface area contributed by atoms with Gasteiger partial charge in [-0.05, 0) is 50.0 Å². The van der Waals surface area contributed by atoms with Gasteiger partial charge in [-0.2, -0.15) is 0 Å². The van der Waals surface area contributed by atoms with E-state index in [9.17, 15) is 4.79 Å². The van der Waals surface area contributed by atoms with Crippen molar-refractivity contribution in [3.63, 3.8) is 0 Å². The number of carbonyl (C=O) groups is 1. The normalized spacial score (nSPS) is 26.6. The molecule has 2 N–H and O–H groups in total. The van der Waals surface area contributed by atoms with Crippen LogP contribution in [0.4, 0.5) is 0 Å². The molecular weight excluding hydrogens is 236 g/mol. The minimum atomic E-state index is 0.0613. The van der Waals surface area contributed by atoms with Gasteiger partial charge in [0.05, 0.1) is 6.04 Å². The van der Waals surface area contributed by atoms with Crippen LogP contribution in [0, 0.1) is 11.3 Å². The fourth-order valence-corrected chi connectivity index (χ4v) is 3.92. The topological polar surface area (TPSA) is 41.1 Å². The first-order valence-corrected chi connectivity index (χ1v) is 8.12. The molecule has 0 spiro atoms. The number of amides is 1. The molecule has 0 aromatic heterocycles. The third-order valence-corrected chi connectivity index (χ3v) is 4.77. The molecule has 1 heterocycles. The predicted octanol–water partition coefficient (Wildman–Crippen LogP) is 2.85. The summed E-state index contributed by atoms with van der Waals surface area (Å²) in [4.78, 5) is 12.2. The van der Waals surface area contributed by atoms with Gasteiger partial charge < -0.3 is 10.6 Å². The van der Waals surface area contributed by atoms with Crippen LogP contribution in [0.3, 0.4) is 0 Å². The Morgan fingerprint density at radius 2 is 2.00 bits per heavy atom. The Kier molecular flexibility index (Phi) is 5.26. The summed E-state index contributed by atoms with van der Waals surface area (Å²) in [6.45, 7) is 6.48. The molecule has 0 aromatic rings. The largest absolute Gasteiger partial charge is 0.354 e. The van der Waals surface area contributed by atoms with Crippen molar-refractivity contribution < 1.29 is 4.79 Å². The van der Waals surface area contributed by atoms with Gasteiger partial charge in [-0.3, -0.25) is 4.79 Å². The summed E-state index contributed by atoms with van der Waals surface area (Å²) in [5.74, 6) is 0.956. The first-order valence-electron chi connectivity index (χ1n) is 8.12. The molecule has 1 atom stereocenters. The van der Waals surface area contributed by atoms with Crippen LogP contribution in [-0.2, 0) is 4.79 Å². The molecule has 1 aliphatic heterocycles. The van der Waals surface area contributed by atoms with E-state index in [-0.39, 0.29) is 11.9 Å². The zero-order valence-corrected chi connectivity index (χ0v) is 12.6. The maximum atomic E-state index is 12.2. The summed E-state index contributed by atoms with van der Waals surface area (Å²) in [7, 11) is 0. The van der Waals surface area contributed by atoms with Gasteiger partial charge in [0.2, 0.25) is 5.91 Å². The molecule has 110 valence electrons. The molecule has 2 fully saturated rings. The van der Waals surface area contributed by atoms with Crippen molar-refractivity contribution in [3.8, 4) is 0 Å². The Hall–Kier alpha value is -0.570. The van der Waals surface area contributed by atoms with Gasteiger partial charge >= 0.3 is 0 Å². The summed E-state index contributed by atoms with van der Waals surface area (Å²) < 4.78 is 0. The van der Waals surface area contributed by atoms with Crippen molar-refractivity contribution >= 4 is 5.91 Å². The molecule has 3 nitrogen and oxygen atoms in total. The van der Waals surface area contributed by atoms with Gasteiger partial charge in [0, 0.05) is 6.54 Å². The Labute approximate surface area is 117 Å². The molecule has 2 aliphatic rings. The van der Waals surface area contributed by atoms with Gasteiger partial charge in [0.1, 0.15) is 0 Å². The van der Waals surface area contributed by atoms with Crippen LogP contribution in [-0.4, -0.2) is 25.0 Å². The number of carbonyl (C=O) groups excluding carboxylic acids is 1. The summed E-state index contributed by atoms with van der Waals surface area (Å²) in [5.41, 5.74) is 0.387. The van der Waals surface area contributed by atoms with Crippen LogP contribution in [0.2, 0.25) is 0 Å². The van der Waals surface area contributed by atoms with Crippen LogP contribution in [0.1, 0.15) is 65.2 Å². The quantitative estimate of drug-likeness (QED) is 0.803. The number of piperidine rings is 1. The molecule has 2 rings (SSSR count). The van der Waals surface area contributed by atoms with Crippen LogP contribution in [0.25, 0.3) is 0 Å². The van der Waals surface area contributed by atoms with E-state index < -0.39 is 0 Å². The van der Waals surface area contributed by atoms with Crippen molar-refractivity contribution in [2.75, 3.05) is 13.1 Å². The second kappa shape index (κ2) is 6.74. The second-order valence-corrected chi connectivity index (χ2v) is 7.03. The molecule has 19 heavy (non-hydrogen) atoms. The van der Waals surface area contributed by atoms with E-state index in [4.69, 9.17) is 0 Å². The molecule has 1 aliphatic carbocycles. The highest BCUT2D eigenvalue weighted by Gasteiger charge is 2.35. The van der Waals surface area contributed by atoms with Crippen molar-refractivity contribution in [2.24, 2.45) is 11.3 Å². The van der Waals surface area contributed by atoms with Gasteiger partial charge in [-0.15, -0.1) is 0 Å². The summed E-state index contributed by atoms with van der Waals surface area (Å²) in [5, 5.41) is 6.57. The summed E-state index contributed by atoms with van der Waals surface area (Å²) in [6, 6.07) is 0.0613. The van der Waals surface area contributed by atoms with E-state index >= 15 is 0 Å². The molecule has 0 radical (unpaired) electrons. The standard InChI is InChI=1S/C16H30N2O/c1-13(2)11-16(8-4-5-9-16)12-18-15(19)14-7-3-6-10-17-14/h13-14,17H,3-12H2,1-2H3,(H,18,19). The van der Waals surface area contributed by atoms with E-state index in [0.29, 0.717) is 5.41 Å². The summed E-state index contributed by atoms with van der Waals surface area (Å²) in [6.07, 6.45) is 9.92. The number of hydrogen-bond acceptors (Lipinski definition) is 2. The van der Waals surface area contributed by atoms with Crippen molar-refractivity contribution in [2.45, 2.75) is 71.3 Å². The molecule has 0 aromatic carbocycles. The number of nitrogens with one attached hydrogen (secondary N) is 2. The highest BCUT2D eigenvalue weighted by molar-refractivity contribution is 5.81. The molecule has 1 amide bonds. The Balaban J connectivity index is 1.82. The first-order chi connectivity index (χ1) is 9.11.